The maximum Gasteiger partial charge on any atom is 0.305 e. The molecule has 0 aliphatic heterocycles. The van der Waals surface area contributed by atoms with Crippen LogP contribution in [0.4, 0.5) is 0 Å². The summed E-state index contributed by atoms with van der Waals surface area (Å²) in [5, 5.41) is 0. The van der Waals surface area contributed by atoms with Crippen molar-refractivity contribution in [1.29, 1.82) is 0 Å². The number of thiazole rings is 2. The van der Waals surface area contributed by atoms with Gasteiger partial charge in [0.1, 0.15) is 0 Å². The van der Waals surface area contributed by atoms with Gasteiger partial charge in [0.05, 0.1) is 65.6 Å². The number of ether oxygens (including phenoxy) is 8. The van der Waals surface area contributed by atoms with Gasteiger partial charge in [-0.15, -0.1) is 0 Å². The van der Waals surface area contributed by atoms with Gasteiger partial charge < -0.3 is 71.9 Å². The summed E-state index contributed by atoms with van der Waals surface area (Å²) in [5.74, 6) is 3.22. The number of halogens is 2. The molecule has 2 aromatic heterocycles. The molecule has 16 heteroatoms. The third-order valence-electron chi connectivity index (χ3n) is 9.16. The maximum atomic E-state index is 12.4. The highest BCUT2D eigenvalue weighted by atomic mass is 79.9. The molecule has 0 bridgehead atoms. The van der Waals surface area contributed by atoms with E-state index in [0.29, 0.717) is 86.5 Å². The Morgan fingerprint density at radius 2 is 0.875 bits per heavy atom. The van der Waals surface area contributed by atoms with Crippen molar-refractivity contribution in [1.82, 2.24) is 0 Å². The van der Waals surface area contributed by atoms with E-state index in [4.69, 9.17) is 37.9 Å². The summed E-state index contributed by atoms with van der Waals surface area (Å²) in [6.45, 7) is 6.12. The summed E-state index contributed by atoms with van der Waals surface area (Å²) in [7, 11) is 9.60. The molecular formula is C40H54Br2N2O10S2. The number of carbonyl (C=O) groups excluding carboxylic acids is 2. The van der Waals surface area contributed by atoms with Crippen molar-refractivity contribution in [2.24, 2.45) is 0 Å². The molecule has 0 saturated heterocycles. The van der Waals surface area contributed by atoms with Crippen molar-refractivity contribution >= 4 is 34.6 Å². The Labute approximate surface area is 359 Å². The second-order valence-electron chi connectivity index (χ2n) is 12.6. The predicted octanol–water partition coefficient (Wildman–Crippen LogP) is 0.370. The standard InChI is InChI=1S/C40H54N2O10S2.2BrH/c1-27-35(53-25-41(27)23-29-19-31(45-3)39(49-7)32(20-29)46-4)15-17-51-37(43)13-11-9-10-12-14-38(44)52-18-16-36-28(2)42(26-54-36)24-30-21-33(47-5)40(50-8)34(22-30)48-6;;/h19-22,25-26H,9-18,23-24H2,1-8H3;2*1H/q+2;;/p-2. The van der Waals surface area contributed by atoms with E-state index in [9.17, 15) is 9.59 Å². The van der Waals surface area contributed by atoms with Crippen LogP contribution in [0.5, 0.6) is 34.5 Å². The molecule has 4 rings (SSSR count). The third-order valence-corrected chi connectivity index (χ3v) is 11.5. The van der Waals surface area contributed by atoms with E-state index in [-0.39, 0.29) is 45.9 Å². The molecule has 4 aromatic rings. The molecule has 0 N–H and O–H groups in total. The first kappa shape index (κ1) is 48.5. The van der Waals surface area contributed by atoms with Crippen LogP contribution in [0.1, 0.15) is 70.8 Å². The summed E-state index contributed by atoms with van der Waals surface area (Å²) >= 11 is 3.30. The van der Waals surface area contributed by atoms with Crippen molar-refractivity contribution in [2.75, 3.05) is 55.9 Å². The molecule has 0 aliphatic carbocycles. The van der Waals surface area contributed by atoms with E-state index in [1.165, 1.54) is 9.75 Å². The number of benzene rings is 2. The highest BCUT2D eigenvalue weighted by molar-refractivity contribution is 7.09. The van der Waals surface area contributed by atoms with Crippen LogP contribution >= 0.6 is 22.7 Å². The van der Waals surface area contributed by atoms with E-state index in [0.717, 1.165) is 48.2 Å². The number of aromatic nitrogens is 2. The molecule has 0 unspecified atom stereocenters. The van der Waals surface area contributed by atoms with Crippen LogP contribution in [-0.4, -0.2) is 67.8 Å². The van der Waals surface area contributed by atoms with Gasteiger partial charge in [0.2, 0.25) is 22.5 Å². The average Bonchev–Trinajstić information content (AvgIpc) is 3.71. The molecule has 56 heavy (non-hydrogen) atoms. The molecule has 0 atom stereocenters. The molecule has 310 valence electrons. The van der Waals surface area contributed by atoms with E-state index in [1.807, 2.05) is 24.3 Å². The molecule has 0 spiro atoms. The SMILES string of the molecule is COc1cc(C[n+]2csc(CCOC(=O)CCCCCCC(=O)OCCc3sc[n+](Cc4cc(OC)c(OC)c(OC)c4)c3C)c2C)cc(OC)c1OC.[Br-].[Br-]. The van der Waals surface area contributed by atoms with Crippen molar-refractivity contribution in [3.05, 3.63) is 67.6 Å². The van der Waals surface area contributed by atoms with Gasteiger partial charge in [-0.1, -0.05) is 35.5 Å². The molecule has 0 aliphatic rings. The van der Waals surface area contributed by atoms with Crippen molar-refractivity contribution in [3.8, 4) is 34.5 Å². The number of methoxy groups -OCH3 is 6. The Kier molecular flexibility index (Phi) is 21.6. The maximum absolute atomic E-state index is 12.4. The summed E-state index contributed by atoms with van der Waals surface area (Å²) in [6.07, 6.45) is 5.23. The fraction of sp³-hybridized carbons (Fsp3) is 0.500. The number of esters is 2. The van der Waals surface area contributed by atoms with E-state index < -0.39 is 0 Å². The largest absolute Gasteiger partial charge is 1.00 e. The van der Waals surface area contributed by atoms with Crippen LogP contribution < -0.4 is 71.5 Å². The minimum absolute atomic E-state index is 0. The highest BCUT2D eigenvalue weighted by Gasteiger charge is 2.21. The topological polar surface area (TPSA) is 116 Å². The monoisotopic (exact) mass is 944 g/mol. The van der Waals surface area contributed by atoms with Gasteiger partial charge in [0, 0.05) is 50.7 Å². The van der Waals surface area contributed by atoms with Crippen LogP contribution in [0.15, 0.2) is 35.3 Å². The Bertz CT molecular complexity index is 1670. The Balaban J connectivity index is 0.00000541. The third kappa shape index (κ3) is 13.5. The van der Waals surface area contributed by atoms with Crippen LogP contribution in [0, 0.1) is 13.8 Å². The van der Waals surface area contributed by atoms with E-state index in [2.05, 4.69) is 34.0 Å². The second kappa shape index (κ2) is 24.9. The number of nitrogens with zero attached hydrogens (tertiary/aromatic N) is 2. The van der Waals surface area contributed by atoms with Gasteiger partial charge in [-0.05, 0) is 37.1 Å². The van der Waals surface area contributed by atoms with Gasteiger partial charge in [-0.3, -0.25) is 9.59 Å². The average molecular weight is 947 g/mol. The Morgan fingerprint density at radius 1 is 0.536 bits per heavy atom. The molecule has 2 aromatic carbocycles. The number of hydrogen-bond donors (Lipinski definition) is 0. The zero-order chi connectivity index (χ0) is 39.0. The first-order chi connectivity index (χ1) is 26.1. The summed E-state index contributed by atoms with van der Waals surface area (Å²) in [5.41, 5.74) is 8.45. The summed E-state index contributed by atoms with van der Waals surface area (Å²) in [4.78, 5) is 27.1. The van der Waals surface area contributed by atoms with Gasteiger partial charge in [0.25, 0.3) is 0 Å². The zero-order valence-electron chi connectivity index (χ0n) is 33.5. The summed E-state index contributed by atoms with van der Waals surface area (Å²) < 4.78 is 48.2. The van der Waals surface area contributed by atoms with Crippen molar-refractivity contribution in [3.63, 3.8) is 0 Å². The molecular weight excluding hydrogens is 892 g/mol. The smallest absolute Gasteiger partial charge is 0.305 e. The van der Waals surface area contributed by atoms with E-state index in [1.54, 1.807) is 65.3 Å². The lowest BCUT2D eigenvalue weighted by Gasteiger charge is -2.13. The zero-order valence-corrected chi connectivity index (χ0v) is 38.3. The van der Waals surface area contributed by atoms with Crippen LogP contribution in [0.25, 0.3) is 0 Å². The normalized spacial score (nSPS) is 10.5. The summed E-state index contributed by atoms with van der Waals surface area (Å²) in [6, 6.07) is 7.79. The fourth-order valence-electron chi connectivity index (χ4n) is 6.09. The molecule has 2 heterocycles. The first-order valence-corrected chi connectivity index (χ1v) is 19.7. The molecule has 12 nitrogen and oxygen atoms in total. The van der Waals surface area contributed by atoms with Gasteiger partial charge in [-0.2, -0.15) is 9.13 Å². The van der Waals surface area contributed by atoms with Crippen molar-refractivity contribution < 1.29 is 90.6 Å². The van der Waals surface area contributed by atoms with Crippen LogP contribution in [-0.2, 0) is 45.0 Å². The molecule has 0 fully saturated rings. The predicted molar refractivity (Wildman–Crippen MR) is 206 cm³/mol. The minimum Gasteiger partial charge on any atom is -1.00 e. The number of rotatable bonds is 23. The molecule has 0 saturated carbocycles. The molecule has 0 radical (unpaired) electrons. The van der Waals surface area contributed by atoms with Gasteiger partial charge >= 0.3 is 11.9 Å². The lowest BCUT2D eigenvalue weighted by molar-refractivity contribution is -0.689. The van der Waals surface area contributed by atoms with Crippen LogP contribution in [0.2, 0.25) is 0 Å². The van der Waals surface area contributed by atoms with Crippen molar-refractivity contribution in [2.45, 2.75) is 78.3 Å². The Morgan fingerprint density at radius 3 is 1.18 bits per heavy atom. The quantitative estimate of drug-likeness (QED) is 0.0588. The molecule has 0 amide bonds. The lowest BCUT2D eigenvalue weighted by atomic mass is 10.1. The first-order valence-electron chi connectivity index (χ1n) is 18.0. The number of hydrogen-bond acceptors (Lipinski definition) is 12. The van der Waals surface area contributed by atoms with Crippen LogP contribution in [0.3, 0.4) is 0 Å². The van der Waals surface area contributed by atoms with Gasteiger partial charge in [0.15, 0.2) is 47.5 Å². The van der Waals surface area contributed by atoms with Gasteiger partial charge in [-0.25, -0.2) is 0 Å². The second-order valence-corrected chi connectivity index (χ2v) is 14.5. The van der Waals surface area contributed by atoms with E-state index >= 15 is 0 Å². The Hall–Kier alpha value is -3.60. The fourth-order valence-corrected chi connectivity index (χ4v) is 8.05. The highest BCUT2D eigenvalue weighted by Crippen LogP contribution is 2.39. The number of unbranched alkanes of at least 4 members (excludes halogenated alkanes) is 3. The number of carbonyl (C=O) groups is 2. The lowest BCUT2D eigenvalue weighted by Crippen LogP contribution is -3.00. The minimum atomic E-state index is -0.192.